The SMILES string of the molecule is CNc1cc(C)nc(C(F)(F)F)c1.CNc1cc(C)nc(C)c1. The second-order valence-electron chi connectivity index (χ2n) is 5.02. The highest BCUT2D eigenvalue weighted by Gasteiger charge is 2.32. The first-order valence-electron chi connectivity index (χ1n) is 7.02. The van der Waals surface area contributed by atoms with Gasteiger partial charge in [0.2, 0.25) is 0 Å². The number of aromatic nitrogens is 2. The monoisotopic (exact) mass is 326 g/mol. The van der Waals surface area contributed by atoms with E-state index in [0.29, 0.717) is 11.4 Å². The van der Waals surface area contributed by atoms with Gasteiger partial charge in [-0.2, -0.15) is 13.2 Å². The number of nitrogens with zero attached hydrogens (tertiary/aromatic N) is 2. The molecule has 0 fully saturated rings. The Hall–Kier alpha value is -2.31. The van der Waals surface area contributed by atoms with Crippen LogP contribution in [0.25, 0.3) is 0 Å². The Morgan fingerprint density at radius 2 is 1.13 bits per heavy atom. The van der Waals surface area contributed by atoms with Crippen molar-refractivity contribution in [3.05, 3.63) is 47.0 Å². The summed E-state index contributed by atoms with van der Waals surface area (Å²) < 4.78 is 36.6. The average molecular weight is 326 g/mol. The number of nitrogens with one attached hydrogen (secondary N) is 2. The lowest BCUT2D eigenvalue weighted by Crippen LogP contribution is -2.09. The minimum atomic E-state index is -4.38. The van der Waals surface area contributed by atoms with E-state index in [1.54, 1.807) is 13.1 Å². The Kier molecular flexibility index (Phi) is 6.36. The number of pyridine rings is 2. The number of aryl methyl sites for hydroxylation is 3. The maximum Gasteiger partial charge on any atom is 0.433 e. The minimum Gasteiger partial charge on any atom is -0.388 e. The van der Waals surface area contributed by atoms with E-state index >= 15 is 0 Å². The third kappa shape index (κ3) is 6.14. The van der Waals surface area contributed by atoms with Crippen LogP contribution in [0.5, 0.6) is 0 Å². The van der Waals surface area contributed by atoms with Crippen LogP contribution in [0.2, 0.25) is 0 Å². The van der Waals surface area contributed by atoms with Crippen molar-refractivity contribution in [1.82, 2.24) is 9.97 Å². The van der Waals surface area contributed by atoms with Gasteiger partial charge in [0.15, 0.2) is 0 Å². The summed E-state index contributed by atoms with van der Waals surface area (Å²) in [6, 6.07) is 6.57. The Bertz CT molecular complexity index is 634. The molecule has 0 radical (unpaired) electrons. The van der Waals surface area contributed by atoms with Crippen LogP contribution >= 0.6 is 0 Å². The second kappa shape index (κ2) is 7.80. The summed E-state index contributed by atoms with van der Waals surface area (Å²) in [5.74, 6) is 0. The molecule has 0 aliphatic heterocycles. The molecule has 2 rings (SSSR count). The van der Waals surface area contributed by atoms with E-state index in [4.69, 9.17) is 0 Å². The molecule has 2 aromatic heterocycles. The molecule has 4 nitrogen and oxygen atoms in total. The van der Waals surface area contributed by atoms with Crippen LogP contribution in [0.1, 0.15) is 22.8 Å². The van der Waals surface area contributed by atoms with Crippen LogP contribution in [0, 0.1) is 20.8 Å². The van der Waals surface area contributed by atoms with Crippen LogP contribution in [0.4, 0.5) is 24.5 Å². The predicted molar refractivity (Wildman–Crippen MR) is 86.8 cm³/mol. The Balaban J connectivity index is 0.000000238. The summed E-state index contributed by atoms with van der Waals surface area (Å²) in [6.07, 6.45) is -4.38. The smallest absolute Gasteiger partial charge is 0.388 e. The lowest BCUT2D eigenvalue weighted by atomic mass is 10.2. The van der Waals surface area contributed by atoms with Crippen molar-refractivity contribution in [2.75, 3.05) is 24.7 Å². The third-order valence-corrected chi connectivity index (χ3v) is 2.90. The van der Waals surface area contributed by atoms with E-state index in [9.17, 15) is 13.2 Å². The number of hydrogen-bond donors (Lipinski definition) is 2. The summed E-state index contributed by atoms with van der Waals surface area (Å²) in [5.41, 5.74) is 3.15. The quantitative estimate of drug-likeness (QED) is 0.869. The molecule has 0 unspecified atom stereocenters. The molecule has 126 valence electrons. The van der Waals surface area contributed by atoms with Crippen molar-refractivity contribution >= 4 is 11.4 Å². The van der Waals surface area contributed by atoms with Crippen LogP contribution in [0.3, 0.4) is 0 Å². The summed E-state index contributed by atoms with van der Waals surface area (Å²) in [7, 11) is 3.48. The van der Waals surface area contributed by atoms with Gasteiger partial charge in [0.05, 0.1) is 0 Å². The van der Waals surface area contributed by atoms with E-state index in [1.807, 2.05) is 33.0 Å². The fourth-order valence-electron chi connectivity index (χ4n) is 1.94. The van der Waals surface area contributed by atoms with Crippen molar-refractivity contribution in [1.29, 1.82) is 0 Å². The number of alkyl halides is 3. The predicted octanol–water partition coefficient (Wildman–Crippen LogP) is 4.19. The molecule has 0 spiro atoms. The highest BCUT2D eigenvalue weighted by Crippen LogP contribution is 2.29. The Morgan fingerprint density at radius 3 is 1.52 bits per heavy atom. The molecular weight excluding hydrogens is 305 g/mol. The molecule has 23 heavy (non-hydrogen) atoms. The van der Waals surface area contributed by atoms with Crippen molar-refractivity contribution in [3.8, 4) is 0 Å². The van der Waals surface area contributed by atoms with Gasteiger partial charge in [0, 0.05) is 42.6 Å². The van der Waals surface area contributed by atoms with Gasteiger partial charge in [-0.3, -0.25) is 4.98 Å². The molecule has 0 saturated heterocycles. The van der Waals surface area contributed by atoms with Gasteiger partial charge in [-0.15, -0.1) is 0 Å². The second-order valence-corrected chi connectivity index (χ2v) is 5.02. The first-order chi connectivity index (χ1) is 10.7. The van der Waals surface area contributed by atoms with Crippen LogP contribution in [-0.2, 0) is 6.18 Å². The van der Waals surface area contributed by atoms with Crippen molar-refractivity contribution in [2.24, 2.45) is 0 Å². The molecule has 0 amide bonds. The molecule has 2 aromatic rings. The molecule has 7 heteroatoms. The van der Waals surface area contributed by atoms with Crippen molar-refractivity contribution in [2.45, 2.75) is 26.9 Å². The Labute approximate surface area is 134 Å². The average Bonchev–Trinajstić information content (AvgIpc) is 2.45. The number of halogens is 3. The lowest BCUT2D eigenvalue weighted by molar-refractivity contribution is -0.141. The zero-order chi connectivity index (χ0) is 17.6. The molecule has 0 saturated carbocycles. The van der Waals surface area contributed by atoms with Gasteiger partial charge in [-0.05, 0) is 45.0 Å². The largest absolute Gasteiger partial charge is 0.433 e. The molecule has 0 aliphatic carbocycles. The molecule has 2 N–H and O–H groups in total. The van der Waals surface area contributed by atoms with E-state index in [-0.39, 0.29) is 0 Å². The van der Waals surface area contributed by atoms with E-state index < -0.39 is 11.9 Å². The normalized spacial score (nSPS) is 10.6. The molecule has 0 aliphatic rings. The van der Waals surface area contributed by atoms with Crippen molar-refractivity contribution in [3.63, 3.8) is 0 Å². The van der Waals surface area contributed by atoms with Crippen LogP contribution < -0.4 is 10.6 Å². The summed E-state index contributed by atoms with van der Waals surface area (Å²) in [4.78, 5) is 7.63. The standard InChI is InChI=1S/C8H9F3N2.C8H12N2/c1-5-3-6(12-2)4-7(13-5)8(9,10)11;1-6-4-8(9-3)5-7(2)10-6/h3-4H,1-2H3,(H,12,13);4-5H,1-3H3,(H,9,10). The fourth-order valence-corrected chi connectivity index (χ4v) is 1.94. The maximum absolute atomic E-state index is 12.2. The topological polar surface area (TPSA) is 49.8 Å². The van der Waals surface area contributed by atoms with Gasteiger partial charge in [0.1, 0.15) is 5.69 Å². The third-order valence-electron chi connectivity index (χ3n) is 2.90. The number of anilines is 2. The molecule has 0 aromatic carbocycles. The number of hydrogen-bond acceptors (Lipinski definition) is 4. The molecule has 0 bridgehead atoms. The van der Waals surface area contributed by atoms with Crippen LogP contribution in [0.15, 0.2) is 24.3 Å². The van der Waals surface area contributed by atoms with E-state index in [0.717, 1.165) is 23.1 Å². The first-order valence-corrected chi connectivity index (χ1v) is 7.02. The summed E-state index contributed by atoms with van der Waals surface area (Å²) in [6.45, 7) is 5.51. The lowest BCUT2D eigenvalue weighted by Gasteiger charge is -2.08. The fraction of sp³-hybridized carbons (Fsp3) is 0.375. The zero-order valence-electron chi connectivity index (χ0n) is 13.8. The van der Waals surface area contributed by atoms with Gasteiger partial charge < -0.3 is 10.6 Å². The maximum atomic E-state index is 12.2. The van der Waals surface area contributed by atoms with Gasteiger partial charge in [-0.25, -0.2) is 4.98 Å². The number of rotatable bonds is 2. The molecule has 0 atom stereocenters. The van der Waals surface area contributed by atoms with Crippen molar-refractivity contribution < 1.29 is 13.2 Å². The summed E-state index contributed by atoms with van der Waals surface area (Å²) >= 11 is 0. The zero-order valence-corrected chi connectivity index (χ0v) is 13.8. The van der Waals surface area contributed by atoms with E-state index in [2.05, 4.69) is 20.6 Å². The van der Waals surface area contributed by atoms with Crippen LogP contribution in [-0.4, -0.2) is 24.1 Å². The highest BCUT2D eigenvalue weighted by atomic mass is 19.4. The van der Waals surface area contributed by atoms with Gasteiger partial charge >= 0.3 is 6.18 Å². The highest BCUT2D eigenvalue weighted by molar-refractivity contribution is 5.45. The summed E-state index contributed by atoms with van der Waals surface area (Å²) in [5, 5.41) is 5.71. The minimum absolute atomic E-state index is 0.346. The van der Waals surface area contributed by atoms with E-state index in [1.165, 1.54) is 6.92 Å². The molecule has 2 heterocycles. The van der Waals surface area contributed by atoms with Gasteiger partial charge in [-0.1, -0.05) is 0 Å². The molecular formula is C16H21F3N4. The first kappa shape index (κ1) is 18.7. The Morgan fingerprint density at radius 1 is 0.739 bits per heavy atom. The van der Waals surface area contributed by atoms with Gasteiger partial charge in [0.25, 0.3) is 0 Å².